The Labute approximate surface area is 187 Å². The number of hydrogen-bond donors (Lipinski definition) is 0. The number of benzene rings is 3. The lowest BCUT2D eigenvalue weighted by atomic mass is 10.2. The largest absolute Gasteiger partial charge is 0.269 e. The summed E-state index contributed by atoms with van der Waals surface area (Å²) < 4.78 is 27.6. The first kappa shape index (κ1) is 22.8. The summed E-state index contributed by atoms with van der Waals surface area (Å²) in [6.45, 7) is 0.115. The number of nitrogens with zero attached hydrogens (tertiary/aromatic N) is 2. The van der Waals surface area contributed by atoms with Gasteiger partial charge in [0, 0.05) is 36.2 Å². The number of sulfonamides is 1. The molecule has 7 heteroatoms. The van der Waals surface area contributed by atoms with Crippen molar-refractivity contribution in [1.29, 1.82) is 0 Å². The van der Waals surface area contributed by atoms with E-state index in [1.54, 1.807) is 0 Å². The maximum Gasteiger partial charge on any atom is 0.269 e. The Morgan fingerprint density at radius 3 is 1.84 bits per heavy atom. The number of rotatable bonds is 6. The van der Waals surface area contributed by atoms with Gasteiger partial charge in [0.2, 0.25) is 10.0 Å². The molecule has 0 N–H and O–H groups in total. The Bertz CT molecular complexity index is 1280. The fraction of sp³-hybridized carbons (Fsp3) is 0.120. The van der Waals surface area contributed by atoms with Crippen LogP contribution < -0.4 is 0 Å². The summed E-state index contributed by atoms with van der Waals surface area (Å²) in [5, 5.41) is 10.9. The predicted octanol–water partition coefficient (Wildman–Crippen LogP) is 4.08. The molecule has 0 aromatic heterocycles. The summed E-state index contributed by atoms with van der Waals surface area (Å²) in [5.41, 5.74) is 1.46. The zero-order valence-corrected chi connectivity index (χ0v) is 18.0. The molecule has 0 aliphatic carbocycles. The molecule has 0 bridgehead atoms. The van der Waals surface area contributed by atoms with Gasteiger partial charge in [0.1, 0.15) is 0 Å². The van der Waals surface area contributed by atoms with Gasteiger partial charge in [-0.2, -0.15) is 4.31 Å². The van der Waals surface area contributed by atoms with Crippen molar-refractivity contribution in [2.75, 3.05) is 13.1 Å². The normalized spacial score (nSPS) is 10.5. The van der Waals surface area contributed by atoms with Crippen LogP contribution in [-0.4, -0.2) is 30.7 Å². The number of non-ortho nitro benzene ring substituents is 1. The van der Waals surface area contributed by atoms with Gasteiger partial charge in [-0.05, 0) is 36.4 Å². The van der Waals surface area contributed by atoms with E-state index in [9.17, 15) is 18.5 Å². The second-order valence-corrected chi connectivity index (χ2v) is 8.61. The third kappa shape index (κ3) is 6.29. The first-order chi connectivity index (χ1) is 15.5. The minimum atomic E-state index is -3.90. The molecule has 0 radical (unpaired) electrons. The zero-order valence-electron chi connectivity index (χ0n) is 17.1. The van der Waals surface area contributed by atoms with Crippen molar-refractivity contribution < 1.29 is 13.3 Å². The summed E-state index contributed by atoms with van der Waals surface area (Å²) in [6, 6.07) is 23.5. The molecular formula is C25H20N2O4S. The highest BCUT2D eigenvalue weighted by molar-refractivity contribution is 7.89. The van der Waals surface area contributed by atoms with Crippen LogP contribution in [0.5, 0.6) is 0 Å². The molecule has 0 amide bonds. The molecule has 6 nitrogen and oxygen atoms in total. The molecule has 32 heavy (non-hydrogen) atoms. The third-order valence-corrected chi connectivity index (χ3v) is 6.30. The smallest absolute Gasteiger partial charge is 0.258 e. The van der Waals surface area contributed by atoms with E-state index in [4.69, 9.17) is 0 Å². The van der Waals surface area contributed by atoms with E-state index in [2.05, 4.69) is 23.7 Å². The Balaban J connectivity index is 1.80. The molecular weight excluding hydrogens is 424 g/mol. The van der Waals surface area contributed by atoms with Crippen molar-refractivity contribution in [3.63, 3.8) is 0 Å². The summed E-state index contributed by atoms with van der Waals surface area (Å²) in [6.07, 6.45) is 0.314. The standard InChI is InChI=1S/C25H20N2O4S/c28-27(29)24-16-18-25(19-17-24)32(30,31)26(21-9-15-23-12-5-2-6-13-23)20-8-7-14-22-10-3-1-4-11-22/h1-6,10-13,16-19H,8,20-21H2. The van der Waals surface area contributed by atoms with Gasteiger partial charge in [-0.1, -0.05) is 60.1 Å². The highest BCUT2D eigenvalue weighted by Gasteiger charge is 2.24. The lowest BCUT2D eigenvalue weighted by molar-refractivity contribution is -0.384. The van der Waals surface area contributed by atoms with Crippen molar-refractivity contribution in [2.24, 2.45) is 0 Å². The van der Waals surface area contributed by atoms with Crippen molar-refractivity contribution in [3.8, 4) is 23.7 Å². The Morgan fingerprint density at radius 2 is 1.31 bits per heavy atom. The van der Waals surface area contributed by atoms with E-state index >= 15 is 0 Å². The van der Waals surface area contributed by atoms with Gasteiger partial charge >= 0.3 is 0 Å². The van der Waals surface area contributed by atoms with E-state index in [1.807, 2.05) is 60.7 Å². The molecule has 0 saturated carbocycles. The maximum atomic E-state index is 13.2. The molecule has 3 aromatic carbocycles. The minimum absolute atomic E-state index is 0.0266. The van der Waals surface area contributed by atoms with Gasteiger partial charge in [-0.25, -0.2) is 8.42 Å². The summed E-state index contributed by atoms with van der Waals surface area (Å²) >= 11 is 0. The van der Waals surface area contributed by atoms with Crippen LogP contribution in [-0.2, 0) is 10.0 Å². The third-order valence-electron chi connectivity index (χ3n) is 4.44. The van der Waals surface area contributed by atoms with Gasteiger partial charge in [-0.3, -0.25) is 10.1 Å². The second kappa shape index (κ2) is 10.9. The van der Waals surface area contributed by atoms with Crippen LogP contribution in [0, 0.1) is 33.8 Å². The van der Waals surface area contributed by atoms with Crippen LogP contribution in [0.25, 0.3) is 0 Å². The van der Waals surface area contributed by atoms with Crippen molar-refractivity contribution in [3.05, 3.63) is 106 Å². The topological polar surface area (TPSA) is 80.5 Å². The first-order valence-electron chi connectivity index (χ1n) is 9.79. The SMILES string of the molecule is O=[N+]([O-])c1ccc(S(=O)(=O)N(CC#Cc2ccccc2)CCC#Cc2ccccc2)cc1. The fourth-order valence-corrected chi connectivity index (χ4v) is 4.14. The van der Waals surface area contributed by atoms with E-state index in [0.29, 0.717) is 6.42 Å². The average molecular weight is 445 g/mol. The number of nitro groups is 1. The summed E-state index contributed by atoms with van der Waals surface area (Å²) in [7, 11) is -3.90. The summed E-state index contributed by atoms with van der Waals surface area (Å²) in [4.78, 5) is 10.3. The van der Waals surface area contributed by atoms with Crippen LogP contribution in [0.1, 0.15) is 17.5 Å². The van der Waals surface area contributed by atoms with Crippen LogP contribution in [0.4, 0.5) is 5.69 Å². The molecule has 0 atom stereocenters. The lowest BCUT2D eigenvalue weighted by Gasteiger charge is -2.18. The number of nitro benzene ring substituents is 1. The highest BCUT2D eigenvalue weighted by Crippen LogP contribution is 2.19. The van der Waals surface area contributed by atoms with E-state index in [-0.39, 0.29) is 23.7 Å². The van der Waals surface area contributed by atoms with Gasteiger partial charge in [0.05, 0.1) is 16.4 Å². The molecule has 3 aromatic rings. The molecule has 0 saturated heterocycles. The molecule has 0 unspecified atom stereocenters. The van der Waals surface area contributed by atoms with Gasteiger partial charge in [-0.15, -0.1) is 0 Å². The highest BCUT2D eigenvalue weighted by atomic mass is 32.2. The molecule has 160 valence electrons. The molecule has 0 spiro atoms. The van der Waals surface area contributed by atoms with Crippen LogP contribution >= 0.6 is 0 Å². The monoisotopic (exact) mass is 444 g/mol. The summed E-state index contributed by atoms with van der Waals surface area (Å²) in [5.74, 6) is 11.9. The van der Waals surface area contributed by atoms with Gasteiger partial charge < -0.3 is 0 Å². The van der Waals surface area contributed by atoms with E-state index < -0.39 is 14.9 Å². The molecule has 0 fully saturated rings. The zero-order chi connectivity index (χ0) is 22.8. The Morgan fingerprint density at radius 1 is 0.781 bits per heavy atom. The maximum absolute atomic E-state index is 13.2. The van der Waals surface area contributed by atoms with Crippen LogP contribution in [0.2, 0.25) is 0 Å². The van der Waals surface area contributed by atoms with Crippen molar-refractivity contribution in [2.45, 2.75) is 11.3 Å². The second-order valence-electron chi connectivity index (χ2n) is 6.68. The number of hydrogen-bond acceptors (Lipinski definition) is 4. The first-order valence-corrected chi connectivity index (χ1v) is 11.2. The molecule has 3 rings (SSSR count). The average Bonchev–Trinajstić information content (AvgIpc) is 2.82. The van der Waals surface area contributed by atoms with E-state index in [1.165, 1.54) is 28.6 Å². The fourth-order valence-electron chi connectivity index (χ4n) is 2.79. The minimum Gasteiger partial charge on any atom is -0.258 e. The quantitative estimate of drug-likeness (QED) is 0.326. The van der Waals surface area contributed by atoms with Crippen LogP contribution in [0.15, 0.2) is 89.8 Å². The predicted molar refractivity (Wildman–Crippen MR) is 123 cm³/mol. The molecule has 0 aliphatic heterocycles. The van der Waals surface area contributed by atoms with Gasteiger partial charge in [0.25, 0.3) is 5.69 Å². The lowest BCUT2D eigenvalue weighted by Crippen LogP contribution is -2.32. The van der Waals surface area contributed by atoms with Crippen molar-refractivity contribution >= 4 is 15.7 Å². The molecule has 0 aliphatic rings. The van der Waals surface area contributed by atoms with Gasteiger partial charge in [0.15, 0.2) is 0 Å². The van der Waals surface area contributed by atoms with Crippen LogP contribution in [0.3, 0.4) is 0 Å². The molecule has 0 heterocycles. The Hall–Kier alpha value is -3.91. The van der Waals surface area contributed by atoms with E-state index in [0.717, 1.165) is 11.1 Å². The Kier molecular flexibility index (Phi) is 7.77. The van der Waals surface area contributed by atoms with Crippen molar-refractivity contribution in [1.82, 2.24) is 4.31 Å².